The zero-order valence-corrected chi connectivity index (χ0v) is 10.3. The molecule has 5 heteroatoms. The SMILES string of the molecule is CCNCCCNC(=O)CC(C)(C)C(=O)O. The maximum atomic E-state index is 11.4. The molecule has 0 aromatic carbocycles. The van der Waals surface area contributed by atoms with E-state index >= 15 is 0 Å². The number of carboxylic acid groups (broad SMARTS) is 1. The Morgan fingerprint density at radius 1 is 1.25 bits per heavy atom. The third kappa shape index (κ3) is 6.40. The van der Waals surface area contributed by atoms with Gasteiger partial charge < -0.3 is 15.7 Å². The highest BCUT2D eigenvalue weighted by Crippen LogP contribution is 2.19. The number of amides is 1. The maximum absolute atomic E-state index is 11.4. The van der Waals surface area contributed by atoms with E-state index in [1.165, 1.54) is 0 Å². The average Bonchev–Trinajstić information content (AvgIpc) is 2.16. The molecule has 0 atom stereocenters. The monoisotopic (exact) mass is 230 g/mol. The Bertz CT molecular complexity index is 239. The summed E-state index contributed by atoms with van der Waals surface area (Å²) >= 11 is 0. The fraction of sp³-hybridized carbons (Fsp3) is 0.818. The number of nitrogens with one attached hydrogen (secondary N) is 2. The molecule has 0 bridgehead atoms. The van der Waals surface area contributed by atoms with Crippen molar-refractivity contribution in [1.29, 1.82) is 0 Å². The summed E-state index contributed by atoms with van der Waals surface area (Å²) in [7, 11) is 0. The van der Waals surface area contributed by atoms with Crippen LogP contribution < -0.4 is 10.6 Å². The van der Waals surface area contributed by atoms with Crippen molar-refractivity contribution in [3.63, 3.8) is 0 Å². The third-order valence-electron chi connectivity index (χ3n) is 2.28. The molecule has 0 aliphatic rings. The molecule has 5 nitrogen and oxygen atoms in total. The van der Waals surface area contributed by atoms with Gasteiger partial charge >= 0.3 is 5.97 Å². The minimum absolute atomic E-state index is 0.0174. The molecule has 0 aromatic heterocycles. The smallest absolute Gasteiger partial charge is 0.309 e. The van der Waals surface area contributed by atoms with Crippen LogP contribution >= 0.6 is 0 Å². The summed E-state index contributed by atoms with van der Waals surface area (Å²) in [4.78, 5) is 22.2. The van der Waals surface area contributed by atoms with Gasteiger partial charge in [-0.15, -0.1) is 0 Å². The zero-order valence-electron chi connectivity index (χ0n) is 10.3. The molecule has 0 aliphatic heterocycles. The molecular formula is C11H22N2O3. The van der Waals surface area contributed by atoms with Crippen LogP contribution in [0.2, 0.25) is 0 Å². The van der Waals surface area contributed by atoms with Crippen LogP contribution in [-0.2, 0) is 9.59 Å². The predicted molar refractivity (Wildman–Crippen MR) is 62.2 cm³/mol. The van der Waals surface area contributed by atoms with Crippen molar-refractivity contribution in [2.24, 2.45) is 5.41 Å². The molecular weight excluding hydrogens is 208 g/mol. The fourth-order valence-corrected chi connectivity index (χ4v) is 1.16. The Hall–Kier alpha value is -1.10. The van der Waals surface area contributed by atoms with Crippen molar-refractivity contribution in [2.45, 2.75) is 33.6 Å². The first kappa shape index (κ1) is 14.9. The van der Waals surface area contributed by atoms with Gasteiger partial charge in [-0.2, -0.15) is 0 Å². The number of carbonyl (C=O) groups excluding carboxylic acids is 1. The van der Waals surface area contributed by atoms with E-state index in [0.717, 1.165) is 19.5 Å². The van der Waals surface area contributed by atoms with Crippen LogP contribution in [0, 0.1) is 5.41 Å². The zero-order chi connectivity index (χ0) is 12.6. The van der Waals surface area contributed by atoms with Crippen LogP contribution in [0.1, 0.15) is 33.6 Å². The van der Waals surface area contributed by atoms with Crippen LogP contribution in [0.4, 0.5) is 0 Å². The van der Waals surface area contributed by atoms with E-state index in [-0.39, 0.29) is 12.3 Å². The van der Waals surface area contributed by atoms with Crippen molar-refractivity contribution in [3.8, 4) is 0 Å². The van der Waals surface area contributed by atoms with Crippen LogP contribution in [0.5, 0.6) is 0 Å². The number of rotatable bonds is 8. The van der Waals surface area contributed by atoms with Crippen molar-refractivity contribution < 1.29 is 14.7 Å². The van der Waals surface area contributed by atoms with E-state index in [2.05, 4.69) is 10.6 Å². The maximum Gasteiger partial charge on any atom is 0.309 e. The molecule has 0 spiro atoms. The highest BCUT2D eigenvalue weighted by Gasteiger charge is 2.29. The van der Waals surface area contributed by atoms with Crippen molar-refractivity contribution in [2.75, 3.05) is 19.6 Å². The first-order chi connectivity index (χ1) is 7.40. The van der Waals surface area contributed by atoms with Crippen LogP contribution in [0.15, 0.2) is 0 Å². The molecule has 3 N–H and O–H groups in total. The van der Waals surface area contributed by atoms with Crippen molar-refractivity contribution >= 4 is 11.9 Å². The fourth-order valence-electron chi connectivity index (χ4n) is 1.16. The summed E-state index contributed by atoms with van der Waals surface area (Å²) in [5, 5.41) is 14.7. The van der Waals surface area contributed by atoms with Gasteiger partial charge in [-0.05, 0) is 33.4 Å². The highest BCUT2D eigenvalue weighted by molar-refractivity contribution is 5.84. The summed E-state index contributed by atoms with van der Waals surface area (Å²) in [5.41, 5.74) is -0.994. The van der Waals surface area contributed by atoms with Gasteiger partial charge in [0.2, 0.25) is 5.91 Å². The third-order valence-corrected chi connectivity index (χ3v) is 2.28. The number of hydrogen-bond donors (Lipinski definition) is 3. The van der Waals surface area contributed by atoms with Crippen molar-refractivity contribution in [1.82, 2.24) is 10.6 Å². The highest BCUT2D eigenvalue weighted by atomic mass is 16.4. The molecule has 0 heterocycles. The van der Waals surface area contributed by atoms with Gasteiger partial charge in [0.1, 0.15) is 0 Å². The minimum Gasteiger partial charge on any atom is -0.481 e. The van der Waals surface area contributed by atoms with Gasteiger partial charge in [-0.25, -0.2) is 0 Å². The number of carbonyl (C=O) groups is 2. The Kier molecular flexibility index (Phi) is 6.72. The summed E-state index contributed by atoms with van der Waals surface area (Å²) < 4.78 is 0. The molecule has 0 rings (SSSR count). The number of aliphatic carboxylic acids is 1. The van der Waals surface area contributed by atoms with Crippen LogP contribution in [0.25, 0.3) is 0 Å². The summed E-state index contributed by atoms with van der Waals surface area (Å²) in [6.45, 7) is 7.48. The Balaban J connectivity index is 3.71. The van der Waals surface area contributed by atoms with Gasteiger partial charge in [0, 0.05) is 13.0 Å². The van der Waals surface area contributed by atoms with Crippen LogP contribution in [0.3, 0.4) is 0 Å². The van der Waals surface area contributed by atoms with E-state index in [1.807, 2.05) is 6.92 Å². The van der Waals surface area contributed by atoms with Gasteiger partial charge in [0.15, 0.2) is 0 Å². The summed E-state index contributed by atoms with van der Waals surface area (Å²) in [6, 6.07) is 0. The second kappa shape index (κ2) is 7.22. The largest absolute Gasteiger partial charge is 0.481 e. The first-order valence-electron chi connectivity index (χ1n) is 5.61. The summed E-state index contributed by atoms with van der Waals surface area (Å²) in [5.74, 6) is -1.15. The quantitative estimate of drug-likeness (QED) is 0.534. The van der Waals surface area contributed by atoms with E-state index in [4.69, 9.17) is 5.11 Å². The molecule has 0 unspecified atom stereocenters. The van der Waals surface area contributed by atoms with Gasteiger partial charge in [0.05, 0.1) is 5.41 Å². The second-order valence-corrected chi connectivity index (χ2v) is 4.42. The molecule has 0 fully saturated rings. The standard InChI is InChI=1S/C11H22N2O3/c1-4-12-6-5-7-13-9(14)8-11(2,3)10(15)16/h12H,4-8H2,1-3H3,(H,13,14)(H,15,16). The lowest BCUT2D eigenvalue weighted by Gasteiger charge is -2.18. The lowest BCUT2D eigenvalue weighted by Crippen LogP contribution is -2.34. The molecule has 0 aliphatic carbocycles. The molecule has 0 saturated heterocycles. The normalized spacial score (nSPS) is 11.2. The lowest BCUT2D eigenvalue weighted by atomic mass is 9.89. The summed E-state index contributed by atoms with van der Waals surface area (Å²) in [6.07, 6.45) is 0.872. The molecule has 0 saturated carbocycles. The van der Waals surface area contributed by atoms with E-state index < -0.39 is 11.4 Å². The van der Waals surface area contributed by atoms with Gasteiger partial charge in [-0.3, -0.25) is 9.59 Å². The second-order valence-electron chi connectivity index (χ2n) is 4.42. The lowest BCUT2D eigenvalue weighted by molar-refractivity contribution is -0.149. The average molecular weight is 230 g/mol. The molecule has 16 heavy (non-hydrogen) atoms. The topological polar surface area (TPSA) is 78.4 Å². The Morgan fingerprint density at radius 2 is 1.88 bits per heavy atom. The molecule has 0 aromatic rings. The van der Waals surface area contributed by atoms with E-state index in [9.17, 15) is 9.59 Å². The van der Waals surface area contributed by atoms with Gasteiger partial charge in [-0.1, -0.05) is 6.92 Å². The predicted octanol–water partition coefficient (Wildman–Crippen LogP) is 0.603. The van der Waals surface area contributed by atoms with E-state index in [1.54, 1.807) is 13.8 Å². The number of carboxylic acids is 1. The van der Waals surface area contributed by atoms with E-state index in [0.29, 0.717) is 6.54 Å². The number of hydrogen-bond acceptors (Lipinski definition) is 3. The van der Waals surface area contributed by atoms with Gasteiger partial charge in [0.25, 0.3) is 0 Å². The van der Waals surface area contributed by atoms with Crippen molar-refractivity contribution in [3.05, 3.63) is 0 Å². The molecule has 1 amide bonds. The Morgan fingerprint density at radius 3 is 2.38 bits per heavy atom. The Labute approximate surface area is 96.6 Å². The molecule has 0 radical (unpaired) electrons. The first-order valence-corrected chi connectivity index (χ1v) is 5.61. The molecule has 94 valence electrons. The van der Waals surface area contributed by atoms with Crippen LogP contribution in [-0.4, -0.2) is 36.6 Å². The minimum atomic E-state index is -0.994.